The van der Waals surface area contributed by atoms with E-state index in [1.807, 2.05) is 13.0 Å². The number of carboxylic acids is 1. The van der Waals surface area contributed by atoms with Crippen molar-refractivity contribution in [1.29, 1.82) is 0 Å². The van der Waals surface area contributed by atoms with Crippen molar-refractivity contribution in [3.8, 4) is 0 Å². The molecule has 0 aromatic heterocycles. The van der Waals surface area contributed by atoms with Crippen LogP contribution in [-0.4, -0.2) is 16.9 Å². The Hall–Kier alpha value is -1.12. The Bertz CT molecular complexity index is 650. The summed E-state index contributed by atoms with van der Waals surface area (Å²) >= 11 is 0. The molecule has 164 valence electrons. The van der Waals surface area contributed by atoms with Crippen LogP contribution in [0.5, 0.6) is 0 Å². The predicted molar refractivity (Wildman–Crippen MR) is 118 cm³/mol. The number of aliphatic carboxylic acids is 1. The minimum Gasteiger partial charge on any atom is -0.481 e. The van der Waals surface area contributed by atoms with Crippen LogP contribution in [0.2, 0.25) is 0 Å². The van der Waals surface area contributed by atoms with Gasteiger partial charge in [0, 0.05) is 5.41 Å². The van der Waals surface area contributed by atoms with Crippen molar-refractivity contribution in [1.82, 2.24) is 0 Å². The number of carboxylic acid groups (broad SMARTS) is 1. The van der Waals surface area contributed by atoms with Gasteiger partial charge in [0.15, 0.2) is 5.78 Å². The molecular formula is C26H42O3. The lowest BCUT2D eigenvalue weighted by atomic mass is 9.50. The summed E-state index contributed by atoms with van der Waals surface area (Å²) in [5.41, 5.74) is -0.388. The summed E-state index contributed by atoms with van der Waals surface area (Å²) < 4.78 is 0. The summed E-state index contributed by atoms with van der Waals surface area (Å²) in [5.74, 6) is 1.34. The van der Waals surface area contributed by atoms with Gasteiger partial charge in [0.25, 0.3) is 0 Å². The van der Waals surface area contributed by atoms with E-state index in [4.69, 9.17) is 0 Å². The zero-order chi connectivity index (χ0) is 21.4. The summed E-state index contributed by atoms with van der Waals surface area (Å²) in [4.78, 5) is 25.4. The Morgan fingerprint density at radius 1 is 1.10 bits per heavy atom. The monoisotopic (exact) mass is 402 g/mol. The first-order valence-corrected chi connectivity index (χ1v) is 12.0. The predicted octanol–water partition coefficient (Wildman–Crippen LogP) is 6.52. The third kappa shape index (κ3) is 4.08. The van der Waals surface area contributed by atoms with Crippen molar-refractivity contribution in [2.45, 2.75) is 92.4 Å². The number of allylic oxidation sites excluding steroid dienone is 2. The highest BCUT2D eigenvalue weighted by molar-refractivity contribution is 5.96. The van der Waals surface area contributed by atoms with Gasteiger partial charge in [0.05, 0.1) is 5.92 Å². The SMILES string of the molecule is CC(C)CCC[C@@H](C)[C@H]1CC[C@H]2[C@@H](C(=O)O)[C@@H]([C@@]3(C)CCC=CC3=O)CC[C@]12C. The van der Waals surface area contributed by atoms with E-state index in [1.165, 1.54) is 19.3 Å². The molecule has 2 fully saturated rings. The van der Waals surface area contributed by atoms with Crippen LogP contribution in [0.1, 0.15) is 92.4 Å². The number of fused-ring (bicyclic) bond motifs is 1. The smallest absolute Gasteiger partial charge is 0.307 e. The molecule has 0 radical (unpaired) electrons. The summed E-state index contributed by atoms with van der Waals surface area (Å²) in [6.07, 6.45) is 13.3. The molecule has 0 amide bonds. The first-order valence-electron chi connectivity index (χ1n) is 12.0. The molecule has 0 heterocycles. The van der Waals surface area contributed by atoms with Gasteiger partial charge < -0.3 is 5.11 Å². The lowest BCUT2D eigenvalue weighted by Crippen LogP contribution is -2.52. The molecule has 3 aliphatic rings. The molecule has 3 rings (SSSR count). The molecule has 0 aliphatic heterocycles. The van der Waals surface area contributed by atoms with Gasteiger partial charge in [-0.2, -0.15) is 0 Å². The third-order valence-electron chi connectivity index (χ3n) is 9.24. The summed E-state index contributed by atoms with van der Waals surface area (Å²) in [5, 5.41) is 10.3. The fourth-order valence-electron chi connectivity index (χ4n) is 7.48. The van der Waals surface area contributed by atoms with E-state index in [-0.39, 0.29) is 29.0 Å². The Morgan fingerprint density at radius 3 is 2.45 bits per heavy atom. The molecular weight excluding hydrogens is 360 g/mol. The van der Waals surface area contributed by atoms with Gasteiger partial charge in [0.1, 0.15) is 0 Å². The highest BCUT2D eigenvalue weighted by Gasteiger charge is 2.60. The Balaban J connectivity index is 1.80. The second kappa shape index (κ2) is 8.55. The van der Waals surface area contributed by atoms with Gasteiger partial charge in [-0.15, -0.1) is 0 Å². The van der Waals surface area contributed by atoms with Gasteiger partial charge in [-0.25, -0.2) is 0 Å². The number of hydrogen-bond acceptors (Lipinski definition) is 2. The van der Waals surface area contributed by atoms with Crippen molar-refractivity contribution in [3.05, 3.63) is 12.2 Å². The topological polar surface area (TPSA) is 54.4 Å². The Labute approximate surface area is 177 Å². The van der Waals surface area contributed by atoms with E-state index >= 15 is 0 Å². The molecule has 3 heteroatoms. The zero-order valence-corrected chi connectivity index (χ0v) is 19.2. The summed E-state index contributed by atoms with van der Waals surface area (Å²) in [7, 11) is 0. The molecule has 0 aromatic rings. The number of carbonyl (C=O) groups is 2. The summed E-state index contributed by atoms with van der Waals surface area (Å²) in [6.45, 7) is 11.4. The van der Waals surface area contributed by atoms with Crippen LogP contribution in [0.25, 0.3) is 0 Å². The van der Waals surface area contributed by atoms with Crippen molar-refractivity contribution in [3.63, 3.8) is 0 Å². The van der Waals surface area contributed by atoms with E-state index in [0.29, 0.717) is 11.8 Å². The van der Waals surface area contributed by atoms with Crippen LogP contribution in [0, 0.1) is 46.3 Å². The van der Waals surface area contributed by atoms with Crippen molar-refractivity contribution in [2.75, 3.05) is 0 Å². The molecule has 0 bridgehead atoms. The van der Waals surface area contributed by atoms with Crippen LogP contribution in [0.4, 0.5) is 0 Å². The minimum absolute atomic E-state index is 0.0227. The van der Waals surface area contributed by atoms with Gasteiger partial charge in [-0.1, -0.05) is 60.0 Å². The van der Waals surface area contributed by atoms with E-state index in [2.05, 4.69) is 27.7 Å². The maximum absolute atomic E-state index is 12.8. The molecule has 0 aromatic carbocycles. The molecule has 3 aliphatic carbocycles. The average Bonchev–Trinajstić information content (AvgIpc) is 2.99. The van der Waals surface area contributed by atoms with Crippen LogP contribution in [-0.2, 0) is 9.59 Å². The highest BCUT2D eigenvalue weighted by atomic mass is 16.4. The Morgan fingerprint density at radius 2 is 1.83 bits per heavy atom. The third-order valence-corrected chi connectivity index (χ3v) is 9.24. The quantitative estimate of drug-likeness (QED) is 0.527. The van der Waals surface area contributed by atoms with Crippen LogP contribution in [0.15, 0.2) is 12.2 Å². The molecule has 0 spiro atoms. The fraction of sp³-hybridized carbons (Fsp3) is 0.846. The van der Waals surface area contributed by atoms with Crippen LogP contribution < -0.4 is 0 Å². The second-order valence-corrected chi connectivity index (χ2v) is 11.3. The molecule has 3 nitrogen and oxygen atoms in total. The lowest BCUT2D eigenvalue weighted by molar-refractivity contribution is -0.159. The molecule has 0 unspecified atom stereocenters. The van der Waals surface area contributed by atoms with Crippen molar-refractivity contribution >= 4 is 11.8 Å². The average molecular weight is 403 g/mol. The molecule has 2 saturated carbocycles. The zero-order valence-electron chi connectivity index (χ0n) is 19.2. The van der Waals surface area contributed by atoms with E-state index in [9.17, 15) is 14.7 Å². The van der Waals surface area contributed by atoms with Gasteiger partial charge in [-0.05, 0) is 79.6 Å². The fourth-order valence-corrected chi connectivity index (χ4v) is 7.48. The van der Waals surface area contributed by atoms with Gasteiger partial charge in [0.2, 0.25) is 0 Å². The largest absolute Gasteiger partial charge is 0.481 e. The maximum Gasteiger partial charge on any atom is 0.307 e. The second-order valence-electron chi connectivity index (χ2n) is 11.3. The molecule has 29 heavy (non-hydrogen) atoms. The van der Waals surface area contributed by atoms with Crippen LogP contribution >= 0.6 is 0 Å². The van der Waals surface area contributed by atoms with Crippen LogP contribution in [0.3, 0.4) is 0 Å². The van der Waals surface area contributed by atoms with Crippen molar-refractivity contribution < 1.29 is 14.7 Å². The number of ketones is 1. The highest BCUT2D eigenvalue weighted by Crippen LogP contribution is 2.64. The standard InChI is InChI=1S/C26H42O3/c1-17(2)9-8-10-18(3)19-12-13-20-23(24(28)29)21(14-16-25(19,20)4)26(5)15-7-6-11-22(26)27/h6,11,17-21,23H,7-10,12-16H2,1-5H3,(H,28,29)/t18-,19-,20+,21+,23-,25-,26-/m1/s1. The van der Waals surface area contributed by atoms with Crippen molar-refractivity contribution in [2.24, 2.45) is 46.3 Å². The van der Waals surface area contributed by atoms with E-state index in [0.717, 1.165) is 44.4 Å². The molecule has 7 atom stereocenters. The lowest BCUT2D eigenvalue weighted by Gasteiger charge is -2.52. The first-order chi connectivity index (χ1) is 13.6. The number of carbonyl (C=O) groups excluding carboxylic acids is 1. The summed E-state index contributed by atoms with van der Waals surface area (Å²) in [6, 6.07) is 0. The van der Waals surface area contributed by atoms with Gasteiger partial charge in [-0.3, -0.25) is 9.59 Å². The van der Waals surface area contributed by atoms with E-state index in [1.54, 1.807) is 6.08 Å². The van der Waals surface area contributed by atoms with E-state index < -0.39 is 11.4 Å². The number of rotatable bonds is 7. The molecule has 1 N–H and O–H groups in total. The minimum atomic E-state index is -0.664. The molecule has 0 saturated heterocycles. The maximum atomic E-state index is 12.8. The number of hydrogen-bond donors (Lipinski definition) is 1. The normalized spacial score (nSPS) is 40.8. The Kier molecular flexibility index (Phi) is 6.65. The van der Waals surface area contributed by atoms with Gasteiger partial charge >= 0.3 is 5.97 Å². The first kappa shape index (κ1) is 22.6.